The molecule has 54 valence electrons. The molecule has 0 aliphatic rings. The molecular formula is CH3NO5S2. The highest BCUT2D eigenvalue weighted by Crippen LogP contribution is 1.74. The summed E-state index contributed by atoms with van der Waals surface area (Å²) in [5, 5.41) is 5.40. The lowest BCUT2D eigenvalue weighted by atomic mass is 11.7. The highest BCUT2D eigenvalue weighted by molar-refractivity contribution is 8.56. The van der Waals surface area contributed by atoms with Gasteiger partial charge in [-0.25, -0.2) is 18.6 Å². The van der Waals surface area contributed by atoms with Gasteiger partial charge in [0.05, 0.1) is 0 Å². The molecule has 0 rings (SSSR count). The maximum atomic E-state index is 9.26. The van der Waals surface area contributed by atoms with E-state index in [0.717, 1.165) is 6.08 Å². The molecule has 0 aliphatic heterocycles. The molecule has 9 heavy (non-hydrogen) atoms. The van der Waals surface area contributed by atoms with Gasteiger partial charge in [-0.1, -0.05) is 0 Å². The van der Waals surface area contributed by atoms with E-state index in [0.29, 0.717) is 0 Å². The summed E-state index contributed by atoms with van der Waals surface area (Å²) in [5.41, 5.74) is 0. The van der Waals surface area contributed by atoms with Gasteiger partial charge < -0.3 is 0 Å². The van der Waals surface area contributed by atoms with Crippen molar-refractivity contribution >= 4 is 26.3 Å². The summed E-state index contributed by atoms with van der Waals surface area (Å²) in [5.74, 6) is 0. The van der Waals surface area contributed by atoms with Gasteiger partial charge in [0.25, 0.3) is 20.2 Å². The zero-order valence-electron chi connectivity index (χ0n) is 3.94. The lowest BCUT2D eigenvalue weighted by molar-refractivity contribution is 0.548. The second kappa shape index (κ2) is 7.60. The van der Waals surface area contributed by atoms with E-state index in [1.807, 2.05) is 0 Å². The first kappa shape index (κ1) is 11.4. The average Bonchev–Trinajstić information content (AvgIpc) is 1.68. The molecule has 0 fully saturated rings. The van der Waals surface area contributed by atoms with Gasteiger partial charge >= 0.3 is 0 Å². The molecule has 0 aliphatic carbocycles. The molecule has 3 N–H and O–H groups in total. The minimum absolute atomic E-state index is 0.750. The molecule has 0 saturated heterocycles. The van der Waals surface area contributed by atoms with Crippen LogP contribution in [-0.4, -0.2) is 23.6 Å². The minimum atomic E-state index is -2.59. The predicted molar refractivity (Wildman–Crippen MR) is 30.0 cm³/mol. The summed E-state index contributed by atoms with van der Waals surface area (Å²) in [7, 11) is -5.18. The van der Waals surface area contributed by atoms with Crippen molar-refractivity contribution < 1.29 is 22.3 Å². The third kappa shape index (κ3) is 18.4. The van der Waals surface area contributed by atoms with Crippen LogP contribution in [-0.2, 0) is 25.0 Å². The summed E-state index contributed by atoms with van der Waals surface area (Å²) >= 11 is 0. The molecule has 0 radical (unpaired) electrons. The van der Waals surface area contributed by atoms with Crippen LogP contribution in [0.25, 0.3) is 0 Å². The van der Waals surface area contributed by atoms with Gasteiger partial charge in [0.15, 0.2) is 0 Å². The van der Waals surface area contributed by atoms with Crippen LogP contribution in [0.15, 0.2) is 0 Å². The topological polar surface area (TPSA) is 116 Å². The predicted octanol–water partition coefficient (Wildman–Crippen LogP) is -0.754. The maximum absolute atomic E-state index is 9.26. The zero-order chi connectivity index (χ0) is 7.86. The molecule has 8 heteroatoms. The number of nitrogens with one attached hydrogen (secondary N) is 1. The summed E-state index contributed by atoms with van der Waals surface area (Å²) in [6, 6.07) is 0. The van der Waals surface area contributed by atoms with E-state index < -0.39 is 20.2 Å². The van der Waals surface area contributed by atoms with Crippen LogP contribution in [0.4, 0.5) is 0 Å². The molecule has 0 spiro atoms. The van der Waals surface area contributed by atoms with Crippen molar-refractivity contribution in [2.45, 2.75) is 0 Å². The number of hydrogen-bond donors (Lipinski definition) is 3. The van der Waals surface area contributed by atoms with Crippen LogP contribution in [0, 0.1) is 5.41 Å². The Bertz CT molecular complexity index is 135. The van der Waals surface area contributed by atoms with Gasteiger partial charge in [-0.15, -0.1) is 0 Å². The first-order chi connectivity index (χ1) is 4.06. The van der Waals surface area contributed by atoms with Crippen LogP contribution in [0.2, 0.25) is 0 Å². The van der Waals surface area contributed by atoms with Gasteiger partial charge in [0, 0.05) is 0 Å². The second-order valence-electron chi connectivity index (χ2n) is 0.536. The van der Waals surface area contributed by atoms with E-state index in [9.17, 15) is 8.42 Å². The summed E-state index contributed by atoms with van der Waals surface area (Å²) in [6.07, 6.45) is 0.750. The Balaban J connectivity index is 0. The van der Waals surface area contributed by atoms with E-state index in [1.165, 1.54) is 0 Å². The van der Waals surface area contributed by atoms with Crippen molar-refractivity contribution in [2.75, 3.05) is 0 Å². The molecule has 2 unspecified atom stereocenters. The third-order valence-electron chi connectivity index (χ3n) is 0.122. The zero-order valence-corrected chi connectivity index (χ0v) is 5.57. The Morgan fingerprint density at radius 1 is 1.22 bits per heavy atom. The van der Waals surface area contributed by atoms with Crippen molar-refractivity contribution in [3.8, 4) is 0 Å². The molecule has 0 saturated carbocycles. The SMILES string of the molecule is N=C=O.O=S(O)S(=O)O. The Morgan fingerprint density at radius 2 is 1.33 bits per heavy atom. The lowest BCUT2D eigenvalue weighted by Gasteiger charge is -1.74. The van der Waals surface area contributed by atoms with Crippen LogP contribution in [0.5, 0.6) is 0 Å². The number of carbonyl (C=O) groups excluding carboxylic acids is 1. The number of isocyanates is 1. The smallest absolute Gasteiger partial charge is 0.274 e. The summed E-state index contributed by atoms with van der Waals surface area (Å²) < 4.78 is 33.6. The molecule has 0 aromatic heterocycles. The molecule has 6 nitrogen and oxygen atoms in total. The molecule has 0 amide bonds. The molecule has 2 atom stereocenters. The Morgan fingerprint density at radius 3 is 1.33 bits per heavy atom. The van der Waals surface area contributed by atoms with E-state index in [1.54, 1.807) is 0 Å². The Hall–Kier alpha value is -0.400. The Kier molecular flexibility index (Phi) is 9.63. The Labute approximate surface area is 54.7 Å². The molecule has 0 heterocycles. The molecule has 0 bridgehead atoms. The van der Waals surface area contributed by atoms with Gasteiger partial charge in [-0.2, -0.15) is 0 Å². The van der Waals surface area contributed by atoms with Crippen LogP contribution < -0.4 is 0 Å². The first-order valence-corrected chi connectivity index (χ1v) is 4.05. The van der Waals surface area contributed by atoms with Gasteiger partial charge in [0.2, 0.25) is 6.08 Å². The maximum Gasteiger partial charge on any atom is 0.274 e. The third-order valence-corrected chi connectivity index (χ3v) is 1.10. The van der Waals surface area contributed by atoms with Crippen LogP contribution in [0.3, 0.4) is 0 Å². The van der Waals surface area contributed by atoms with Crippen molar-refractivity contribution in [3.05, 3.63) is 0 Å². The van der Waals surface area contributed by atoms with Gasteiger partial charge in [-0.3, -0.25) is 9.11 Å². The monoisotopic (exact) mass is 173 g/mol. The van der Waals surface area contributed by atoms with E-state index in [2.05, 4.69) is 0 Å². The van der Waals surface area contributed by atoms with E-state index >= 15 is 0 Å². The fourth-order valence-corrected chi connectivity index (χ4v) is 0. The number of hydrogen-bond acceptors (Lipinski definition) is 4. The quantitative estimate of drug-likeness (QED) is 0.209. The largest absolute Gasteiger partial charge is 0.294 e. The standard InChI is InChI=1S/CHNO.H2O4S2/c2-1-3;1-5(2)6(3)4/h2H;(H,1,2)(H,3,4). The lowest BCUT2D eigenvalue weighted by Crippen LogP contribution is -1.93. The van der Waals surface area contributed by atoms with Crippen molar-refractivity contribution in [1.82, 2.24) is 0 Å². The van der Waals surface area contributed by atoms with Crippen LogP contribution in [0.1, 0.15) is 0 Å². The van der Waals surface area contributed by atoms with Crippen molar-refractivity contribution in [1.29, 1.82) is 5.41 Å². The molecule has 0 aromatic rings. The molecule has 0 aromatic carbocycles. The number of rotatable bonds is 1. The van der Waals surface area contributed by atoms with Crippen molar-refractivity contribution in [3.63, 3.8) is 0 Å². The van der Waals surface area contributed by atoms with Gasteiger partial charge in [0.1, 0.15) is 0 Å². The minimum Gasteiger partial charge on any atom is -0.294 e. The fraction of sp³-hybridized carbons (Fsp3) is 0. The van der Waals surface area contributed by atoms with Crippen LogP contribution >= 0.6 is 0 Å². The fourth-order valence-electron chi connectivity index (χ4n) is 0. The summed E-state index contributed by atoms with van der Waals surface area (Å²) in [4.78, 5) is 8.35. The van der Waals surface area contributed by atoms with E-state index in [4.69, 9.17) is 19.3 Å². The highest BCUT2D eigenvalue weighted by atomic mass is 33.2. The average molecular weight is 173 g/mol. The van der Waals surface area contributed by atoms with Crippen molar-refractivity contribution in [2.24, 2.45) is 0 Å². The van der Waals surface area contributed by atoms with E-state index in [-0.39, 0.29) is 0 Å². The first-order valence-electron chi connectivity index (χ1n) is 1.32. The summed E-state index contributed by atoms with van der Waals surface area (Å²) in [6.45, 7) is 0. The molecular weight excluding hydrogens is 170 g/mol. The highest BCUT2D eigenvalue weighted by Gasteiger charge is 1.95. The van der Waals surface area contributed by atoms with Gasteiger partial charge in [-0.05, 0) is 0 Å². The normalized spacial score (nSPS) is 14.0. The second-order valence-corrected chi connectivity index (χ2v) is 3.12.